The number of halogens is 5. The molecule has 34 heavy (non-hydrogen) atoms. The topological polar surface area (TPSA) is 38.3 Å². The largest absolute Gasteiger partial charge is 0.416 e. The Morgan fingerprint density at radius 2 is 1.85 bits per heavy atom. The van der Waals surface area contributed by atoms with Gasteiger partial charge >= 0.3 is 6.18 Å². The van der Waals surface area contributed by atoms with Crippen LogP contribution in [0, 0.1) is 11.7 Å². The maximum atomic E-state index is 13.6. The fourth-order valence-electron chi connectivity index (χ4n) is 5.59. The van der Waals surface area contributed by atoms with E-state index in [-0.39, 0.29) is 40.8 Å². The van der Waals surface area contributed by atoms with Crippen LogP contribution in [-0.4, -0.2) is 17.6 Å². The third kappa shape index (κ3) is 4.97. The van der Waals surface area contributed by atoms with Crippen molar-refractivity contribution in [2.45, 2.75) is 76.0 Å². The van der Waals surface area contributed by atoms with E-state index >= 15 is 0 Å². The van der Waals surface area contributed by atoms with Crippen LogP contribution in [0.15, 0.2) is 42.5 Å². The Morgan fingerprint density at radius 3 is 2.44 bits per heavy atom. The van der Waals surface area contributed by atoms with Crippen molar-refractivity contribution in [2.75, 3.05) is 0 Å². The molecule has 3 nitrogen and oxygen atoms in total. The molecule has 1 heterocycles. The van der Waals surface area contributed by atoms with Crippen LogP contribution in [0.5, 0.6) is 0 Å². The molecular weight excluding hydrogens is 453 g/mol. The maximum Gasteiger partial charge on any atom is 0.416 e. The zero-order valence-corrected chi connectivity index (χ0v) is 19.1. The molecule has 0 spiro atoms. The molecule has 4 rings (SSSR count). The Hall–Kier alpha value is -2.48. The highest BCUT2D eigenvalue weighted by atomic mass is 19.4. The average Bonchev–Trinajstić information content (AvgIpc) is 3.37. The number of amides is 1. The highest BCUT2D eigenvalue weighted by molar-refractivity contribution is 5.79. The van der Waals surface area contributed by atoms with E-state index in [9.17, 15) is 26.7 Å². The molecule has 5 atom stereocenters. The Kier molecular flexibility index (Phi) is 6.73. The molecule has 2 aromatic carbocycles. The molecule has 8 heteroatoms. The zero-order chi connectivity index (χ0) is 24.7. The van der Waals surface area contributed by atoms with Gasteiger partial charge in [-0.05, 0) is 80.0 Å². The molecule has 1 amide bonds. The quantitative estimate of drug-likeness (QED) is 0.471. The minimum atomic E-state index is -4.59. The van der Waals surface area contributed by atoms with Crippen LogP contribution in [-0.2, 0) is 22.4 Å². The molecule has 1 saturated heterocycles. The van der Waals surface area contributed by atoms with Gasteiger partial charge in [-0.15, -0.1) is 0 Å². The average molecular weight is 482 g/mol. The van der Waals surface area contributed by atoms with E-state index in [1.165, 1.54) is 18.2 Å². The Bertz CT molecular complexity index is 1040. The molecule has 0 unspecified atom stereocenters. The molecule has 2 fully saturated rings. The van der Waals surface area contributed by atoms with Crippen molar-refractivity contribution in [3.8, 4) is 0 Å². The summed E-state index contributed by atoms with van der Waals surface area (Å²) < 4.78 is 73.2. The van der Waals surface area contributed by atoms with Gasteiger partial charge in [-0.2, -0.15) is 13.2 Å². The van der Waals surface area contributed by atoms with E-state index in [1.807, 2.05) is 6.92 Å². The summed E-state index contributed by atoms with van der Waals surface area (Å²) in [6.07, 6.45) is -3.19. The highest BCUT2D eigenvalue weighted by Crippen LogP contribution is 2.50. The molecular formula is C26H28F5NO2. The summed E-state index contributed by atoms with van der Waals surface area (Å²) in [5.41, 5.74) is -0.301. The lowest BCUT2D eigenvalue weighted by Gasteiger charge is -2.37. The van der Waals surface area contributed by atoms with Crippen molar-refractivity contribution in [1.82, 2.24) is 5.32 Å². The van der Waals surface area contributed by atoms with Crippen LogP contribution in [0.4, 0.5) is 22.0 Å². The fraction of sp³-hybridized carbons (Fsp3) is 0.500. The third-order valence-corrected chi connectivity index (χ3v) is 7.31. The van der Waals surface area contributed by atoms with Crippen LogP contribution in [0.25, 0.3) is 0 Å². The summed E-state index contributed by atoms with van der Waals surface area (Å²) >= 11 is 0. The molecule has 0 aromatic heterocycles. The van der Waals surface area contributed by atoms with E-state index in [2.05, 4.69) is 5.32 Å². The van der Waals surface area contributed by atoms with E-state index in [0.717, 1.165) is 24.1 Å². The van der Waals surface area contributed by atoms with Gasteiger partial charge in [0, 0.05) is 17.9 Å². The van der Waals surface area contributed by atoms with Gasteiger partial charge in [0.05, 0.1) is 17.8 Å². The van der Waals surface area contributed by atoms with E-state index < -0.39 is 30.1 Å². The molecule has 0 bridgehead atoms. The van der Waals surface area contributed by atoms with Gasteiger partial charge in [0.1, 0.15) is 12.5 Å². The molecule has 1 aliphatic carbocycles. The first kappa shape index (κ1) is 24.6. The summed E-state index contributed by atoms with van der Waals surface area (Å²) in [6, 6.07) is 9.37. The number of carbonyl (C=O) groups excluding carboxylic acids is 1. The minimum Gasteiger partial charge on any atom is -0.370 e. The first-order valence-electron chi connectivity index (χ1n) is 11.5. The first-order chi connectivity index (χ1) is 16.0. The monoisotopic (exact) mass is 481 g/mol. The number of hydrogen-bond acceptors (Lipinski definition) is 2. The Labute approximate surface area is 195 Å². The molecule has 1 N–H and O–H groups in total. The summed E-state index contributed by atoms with van der Waals surface area (Å²) in [5.74, 6) is -0.546. The van der Waals surface area contributed by atoms with Crippen molar-refractivity contribution in [2.24, 2.45) is 5.92 Å². The van der Waals surface area contributed by atoms with Gasteiger partial charge in [-0.25, -0.2) is 8.78 Å². The lowest BCUT2D eigenvalue weighted by Crippen LogP contribution is -2.47. The van der Waals surface area contributed by atoms with E-state index in [0.29, 0.717) is 19.3 Å². The SMILES string of the molecule is C[C@@H](O[C@H]1CC[C@@H]([C@]2(C)CCC(=O)N2)[C@@H]1c1ccc(F)cc1)c1cc(CF)cc(C(F)(F)F)c1. The molecule has 0 radical (unpaired) electrons. The molecule has 2 aliphatic rings. The Morgan fingerprint density at radius 1 is 1.15 bits per heavy atom. The normalized spacial score (nSPS) is 28.2. The Balaban J connectivity index is 1.64. The van der Waals surface area contributed by atoms with Crippen LogP contribution in [0.1, 0.15) is 73.8 Å². The second-order valence-electron chi connectivity index (χ2n) is 9.64. The number of rotatable bonds is 6. The van der Waals surface area contributed by atoms with Gasteiger partial charge in [0.25, 0.3) is 0 Å². The number of hydrogen-bond donors (Lipinski definition) is 1. The van der Waals surface area contributed by atoms with Crippen LogP contribution < -0.4 is 5.32 Å². The first-order valence-corrected chi connectivity index (χ1v) is 11.5. The number of alkyl halides is 4. The second-order valence-corrected chi connectivity index (χ2v) is 9.64. The molecule has 1 aliphatic heterocycles. The number of carbonyl (C=O) groups is 1. The van der Waals surface area contributed by atoms with Gasteiger partial charge in [0.2, 0.25) is 5.91 Å². The predicted octanol–water partition coefficient (Wildman–Crippen LogP) is 6.62. The van der Waals surface area contributed by atoms with Crippen molar-refractivity contribution in [3.63, 3.8) is 0 Å². The van der Waals surface area contributed by atoms with Gasteiger partial charge < -0.3 is 10.1 Å². The number of ether oxygens (including phenoxy) is 1. The third-order valence-electron chi connectivity index (χ3n) is 7.31. The van der Waals surface area contributed by atoms with Crippen molar-refractivity contribution < 1.29 is 31.5 Å². The van der Waals surface area contributed by atoms with Crippen LogP contribution in [0.3, 0.4) is 0 Å². The summed E-state index contributed by atoms with van der Waals surface area (Å²) in [7, 11) is 0. The lowest BCUT2D eigenvalue weighted by molar-refractivity contribution is -0.137. The number of nitrogens with one attached hydrogen (secondary N) is 1. The van der Waals surface area contributed by atoms with Crippen molar-refractivity contribution >= 4 is 5.91 Å². The predicted molar refractivity (Wildman–Crippen MR) is 117 cm³/mol. The smallest absolute Gasteiger partial charge is 0.370 e. The van der Waals surface area contributed by atoms with E-state index in [4.69, 9.17) is 4.74 Å². The number of benzene rings is 2. The minimum absolute atomic E-state index is 0.0131. The van der Waals surface area contributed by atoms with Gasteiger partial charge in [-0.1, -0.05) is 18.2 Å². The second kappa shape index (κ2) is 9.29. The van der Waals surface area contributed by atoms with Crippen LogP contribution >= 0.6 is 0 Å². The standard InChI is InChI=1S/C26H28F5NO2/c1-15(18-11-16(14-27)12-19(13-18)26(29,30)31)34-22-8-7-21(25(2)10-9-23(33)32-25)24(22)17-3-5-20(28)6-4-17/h3-6,11-13,15,21-22,24H,7-10,14H2,1-2H3,(H,32,33)/t15-,21-,22+,24+,25+/m1/s1. The van der Waals surface area contributed by atoms with Gasteiger partial charge in [0.15, 0.2) is 0 Å². The molecule has 1 saturated carbocycles. The lowest BCUT2D eigenvalue weighted by atomic mass is 9.74. The zero-order valence-electron chi connectivity index (χ0n) is 19.1. The summed E-state index contributed by atoms with van der Waals surface area (Å²) in [4.78, 5) is 12.0. The maximum absolute atomic E-state index is 13.6. The van der Waals surface area contributed by atoms with Crippen LogP contribution in [0.2, 0.25) is 0 Å². The van der Waals surface area contributed by atoms with Crippen molar-refractivity contribution in [3.05, 3.63) is 70.5 Å². The van der Waals surface area contributed by atoms with E-state index in [1.54, 1.807) is 19.1 Å². The molecule has 2 aromatic rings. The highest BCUT2D eigenvalue weighted by Gasteiger charge is 2.50. The fourth-order valence-corrected chi connectivity index (χ4v) is 5.59. The van der Waals surface area contributed by atoms with Gasteiger partial charge in [-0.3, -0.25) is 4.79 Å². The van der Waals surface area contributed by atoms with Crippen molar-refractivity contribution in [1.29, 1.82) is 0 Å². The summed E-state index contributed by atoms with van der Waals surface area (Å²) in [5, 5.41) is 3.09. The molecule has 184 valence electrons. The summed E-state index contributed by atoms with van der Waals surface area (Å²) in [6.45, 7) is 2.65.